The minimum atomic E-state index is -0.968. The van der Waals surface area contributed by atoms with E-state index in [1.807, 2.05) is 48.5 Å². The molecule has 1 amide bonds. The lowest BCUT2D eigenvalue weighted by atomic mass is 10.0. The molecule has 2 aliphatic rings. The first-order chi connectivity index (χ1) is 16.5. The van der Waals surface area contributed by atoms with E-state index in [0.717, 1.165) is 49.5 Å². The highest BCUT2D eigenvalue weighted by atomic mass is 32.2. The van der Waals surface area contributed by atoms with Gasteiger partial charge in [-0.2, -0.15) is 0 Å². The highest BCUT2D eigenvalue weighted by Crippen LogP contribution is 2.36. The molecule has 2 aromatic carbocycles. The summed E-state index contributed by atoms with van der Waals surface area (Å²) in [5, 5.41) is 8.97. The predicted octanol–water partition coefficient (Wildman–Crippen LogP) is 3.74. The fraction of sp³-hybridized carbons (Fsp3) is 0.320. The third-order valence-corrected chi connectivity index (χ3v) is 6.97. The van der Waals surface area contributed by atoms with Gasteiger partial charge >= 0.3 is 5.97 Å². The molecule has 4 rings (SSSR count). The van der Waals surface area contributed by atoms with Gasteiger partial charge in [0.1, 0.15) is 16.7 Å². The van der Waals surface area contributed by atoms with Crippen LogP contribution in [0.2, 0.25) is 0 Å². The Hall–Kier alpha value is -2.72. The minimum absolute atomic E-state index is 0.0598. The van der Waals surface area contributed by atoms with Crippen molar-refractivity contribution in [3.05, 3.63) is 59.0 Å². The third kappa shape index (κ3) is 6.24. The van der Waals surface area contributed by atoms with Crippen LogP contribution in [0.15, 0.2) is 53.4 Å². The molecule has 2 heterocycles. The molecule has 0 aliphatic carbocycles. The van der Waals surface area contributed by atoms with E-state index < -0.39 is 5.97 Å². The van der Waals surface area contributed by atoms with Crippen molar-refractivity contribution in [3.8, 4) is 16.9 Å². The number of hydrogen-bond acceptors (Lipinski definition) is 7. The number of hydrogen-bond donors (Lipinski definition) is 1. The first-order valence-corrected chi connectivity index (χ1v) is 12.3. The van der Waals surface area contributed by atoms with Gasteiger partial charge in [-0.25, -0.2) is 0 Å². The summed E-state index contributed by atoms with van der Waals surface area (Å²) in [5.74, 6) is -0.561. The van der Waals surface area contributed by atoms with Crippen LogP contribution in [-0.4, -0.2) is 77.1 Å². The Morgan fingerprint density at radius 1 is 1.12 bits per heavy atom. The predicted molar refractivity (Wildman–Crippen MR) is 137 cm³/mol. The Morgan fingerprint density at radius 3 is 2.62 bits per heavy atom. The monoisotopic (exact) mass is 498 g/mol. The van der Waals surface area contributed by atoms with Gasteiger partial charge in [0.05, 0.1) is 24.5 Å². The highest BCUT2D eigenvalue weighted by molar-refractivity contribution is 8.26. The number of thioether (sulfide) groups is 1. The maximum absolute atomic E-state index is 12.9. The Bertz CT molecular complexity index is 1080. The summed E-state index contributed by atoms with van der Waals surface area (Å²) in [5.41, 5.74) is 2.85. The summed E-state index contributed by atoms with van der Waals surface area (Å²) >= 11 is 6.51. The quantitative estimate of drug-likeness (QED) is 0.414. The van der Waals surface area contributed by atoms with Crippen LogP contribution in [0.3, 0.4) is 0 Å². The number of aliphatic carboxylic acids is 1. The van der Waals surface area contributed by atoms with E-state index in [9.17, 15) is 9.59 Å². The lowest BCUT2D eigenvalue weighted by Crippen LogP contribution is -2.38. The van der Waals surface area contributed by atoms with E-state index in [2.05, 4.69) is 4.90 Å². The normalized spacial score (nSPS) is 18.0. The Morgan fingerprint density at radius 2 is 1.88 bits per heavy atom. The van der Waals surface area contributed by atoms with Gasteiger partial charge in [0, 0.05) is 31.7 Å². The van der Waals surface area contributed by atoms with Gasteiger partial charge in [-0.3, -0.25) is 19.4 Å². The standard InChI is InChI=1S/C25H26N2O5S2/c28-23(29)8-9-27-24(30)22(34-25(27)33)17-20-16-19(18-4-2-1-3-5-18)6-7-21(20)32-15-12-26-10-13-31-14-11-26/h1-7,16-17H,8-15H2,(H,28,29)/b22-17-. The van der Waals surface area contributed by atoms with Crippen molar-refractivity contribution in [2.24, 2.45) is 0 Å². The topological polar surface area (TPSA) is 79.3 Å². The van der Waals surface area contributed by atoms with Crippen LogP contribution in [0.5, 0.6) is 5.75 Å². The lowest BCUT2D eigenvalue weighted by Gasteiger charge is -2.26. The number of amides is 1. The van der Waals surface area contributed by atoms with Crippen molar-refractivity contribution < 1.29 is 24.2 Å². The molecule has 0 saturated carbocycles. The molecule has 0 spiro atoms. The number of carboxylic acids is 1. The summed E-state index contributed by atoms with van der Waals surface area (Å²) in [7, 11) is 0. The van der Waals surface area contributed by atoms with Crippen molar-refractivity contribution >= 4 is 46.3 Å². The highest BCUT2D eigenvalue weighted by Gasteiger charge is 2.32. The fourth-order valence-electron chi connectivity index (χ4n) is 3.75. The smallest absolute Gasteiger partial charge is 0.305 e. The van der Waals surface area contributed by atoms with Crippen LogP contribution < -0.4 is 4.74 Å². The number of rotatable bonds is 9. The molecule has 2 aromatic rings. The van der Waals surface area contributed by atoms with E-state index in [0.29, 0.717) is 21.6 Å². The van der Waals surface area contributed by atoms with E-state index in [1.54, 1.807) is 6.08 Å². The van der Waals surface area contributed by atoms with Gasteiger partial charge < -0.3 is 14.6 Å². The molecule has 178 valence electrons. The van der Waals surface area contributed by atoms with Crippen LogP contribution >= 0.6 is 24.0 Å². The molecule has 2 aliphatic heterocycles. The molecule has 34 heavy (non-hydrogen) atoms. The summed E-state index contributed by atoms with van der Waals surface area (Å²) in [6.07, 6.45) is 1.63. The van der Waals surface area contributed by atoms with Crippen molar-refractivity contribution in [2.45, 2.75) is 6.42 Å². The molecule has 0 radical (unpaired) electrons. The molecule has 0 aromatic heterocycles. The van der Waals surface area contributed by atoms with E-state index in [4.69, 9.17) is 26.8 Å². The minimum Gasteiger partial charge on any atom is -0.492 e. The van der Waals surface area contributed by atoms with Crippen LogP contribution in [0, 0.1) is 0 Å². The number of ether oxygens (including phenoxy) is 2. The first kappa shape index (κ1) is 24.4. The maximum Gasteiger partial charge on any atom is 0.305 e. The lowest BCUT2D eigenvalue weighted by molar-refractivity contribution is -0.137. The van der Waals surface area contributed by atoms with Crippen molar-refractivity contribution in [1.29, 1.82) is 0 Å². The Labute approximate surface area is 208 Å². The second-order valence-electron chi connectivity index (χ2n) is 7.90. The summed E-state index contributed by atoms with van der Waals surface area (Å²) in [6.45, 7) is 4.63. The molecule has 1 N–H and O–H groups in total. The number of nitrogens with zero attached hydrogens (tertiary/aromatic N) is 2. The second-order valence-corrected chi connectivity index (χ2v) is 9.57. The van der Waals surface area contributed by atoms with Crippen LogP contribution in [0.1, 0.15) is 12.0 Å². The van der Waals surface area contributed by atoms with Crippen LogP contribution in [-0.2, 0) is 14.3 Å². The maximum atomic E-state index is 12.9. The molecular weight excluding hydrogens is 472 g/mol. The Kier molecular flexibility index (Phi) is 8.34. The van der Waals surface area contributed by atoms with E-state index in [1.165, 1.54) is 16.7 Å². The van der Waals surface area contributed by atoms with Crippen molar-refractivity contribution in [3.63, 3.8) is 0 Å². The Balaban J connectivity index is 1.56. The fourth-order valence-corrected chi connectivity index (χ4v) is 5.05. The van der Waals surface area contributed by atoms with Gasteiger partial charge in [0.25, 0.3) is 5.91 Å². The van der Waals surface area contributed by atoms with Gasteiger partial charge in [-0.15, -0.1) is 0 Å². The molecular formula is C25H26N2O5S2. The molecule has 0 unspecified atom stereocenters. The van der Waals surface area contributed by atoms with Crippen molar-refractivity contribution in [2.75, 3.05) is 46.0 Å². The first-order valence-electron chi connectivity index (χ1n) is 11.1. The van der Waals surface area contributed by atoms with Gasteiger partial charge in [0.2, 0.25) is 0 Å². The van der Waals surface area contributed by atoms with Gasteiger partial charge in [-0.1, -0.05) is 60.4 Å². The number of thiocarbonyl (C=S) groups is 1. The summed E-state index contributed by atoms with van der Waals surface area (Å²) in [6, 6.07) is 15.9. The number of benzene rings is 2. The molecule has 2 fully saturated rings. The average molecular weight is 499 g/mol. The van der Waals surface area contributed by atoms with E-state index >= 15 is 0 Å². The van der Waals surface area contributed by atoms with Crippen molar-refractivity contribution in [1.82, 2.24) is 9.80 Å². The molecule has 0 bridgehead atoms. The number of carbonyl (C=O) groups is 2. The van der Waals surface area contributed by atoms with Gasteiger partial charge in [0.15, 0.2) is 0 Å². The SMILES string of the molecule is O=C(O)CCN1C(=O)/C(=C/c2cc(-c3ccccc3)ccc2OCCN2CCOCC2)SC1=S. The number of carboxylic acid groups (broad SMARTS) is 1. The van der Waals surface area contributed by atoms with Crippen LogP contribution in [0.25, 0.3) is 17.2 Å². The number of carbonyl (C=O) groups excluding carboxylic acids is 1. The molecule has 9 heteroatoms. The molecule has 0 atom stereocenters. The molecule has 2 saturated heterocycles. The third-order valence-electron chi connectivity index (χ3n) is 5.60. The van der Waals surface area contributed by atoms with Crippen LogP contribution in [0.4, 0.5) is 0 Å². The second kappa shape index (κ2) is 11.6. The molecule has 7 nitrogen and oxygen atoms in total. The van der Waals surface area contributed by atoms with E-state index in [-0.39, 0.29) is 18.9 Å². The number of morpholine rings is 1. The zero-order valence-electron chi connectivity index (χ0n) is 18.6. The zero-order chi connectivity index (χ0) is 23.9. The summed E-state index contributed by atoms with van der Waals surface area (Å²) < 4.78 is 11.9. The zero-order valence-corrected chi connectivity index (χ0v) is 20.3. The van der Waals surface area contributed by atoms with Gasteiger partial charge in [-0.05, 0) is 29.3 Å². The largest absolute Gasteiger partial charge is 0.492 e. The average Bonchev–Trinajstić information content (AvgIpc) is 3.11. The summed E-state index contributed by atoms with van der Waals surface area (Å²) in [4.78, 5) is 28.0.